The highest BCUT2D eigenvalue weighted by Crippen LogP contribution is 2.08. The lowest BCUT2D eigenvalue weighted by atomic mass is 10.2. The highest BCUT2D eigenvalue weighted by Gasteiger charge is 2.20. The van der Waals surface area contributed by atoms with E-state index in [2.05, 4.69) is 73.9 Å². The van der Waals surface area contributed by atoms with Crippen molar-refractivity contribution in [1.29, 1.82) is 0 Å². The lowest BCUT2D eigenvalue weighted by Gasteiger charge is -2.03. The fourth-order valence-corrected chi connectivity index (χ4v) is 3.41. The van der Waals surface area contributed by atoms with Crippen LogP contribution in [0.1, 0.15) is 47.3 Å². The number of aromatic nitrogens is 4. The Morgan fingerprint density at radius 2 is 0.917 bits per heavy atom. The van der Waals surface area contributed by atoms with Crippen molar-refractivity contribution in [1.82, 2.24) is 9.13 Å². The number of hydrogen-bond acceptors (Lipinski definition) is 2. The Hall–Kier alpha value is -1.66. The molecule has 0 aromatic carbocycles. The molecular formula is C18H34N4O2. The Balaban J connectivity index is 0.00000264. The average Bonchev–Trinajstić information content (AvgIpc) is 2.79. The molecule has 24 heavy (non-hydrogen) atoms. The second-order valence-electron chi connectivity index (χ2n) is 6.56. The van der Waals surface area contributed by atoms with E-state index < -0.39 is 0 Å². The van der Waals surface area contributed by atoms with Gasteiger partial charge in [0.05, 0.1) is 27.2 Å². The first-order valence-electron chi connectivity index (χ1n) is 8.32. The van der Waals surface area contributed by atoms with Crippen molar-refractivity contribution in [3.63, 3.8) is 0 Å². The molecule has 2 heterocycles. The van der Waals surface area contributed by atoms with Crippen molar-refractivity contribution in [3.8, 4) is 0 Å². The van der Waals surface area contributed by atoms with Crippen LogP contribution in [-0.2, 0) is 27.2 Å². The Kier molecular flexibility index (Phi) is 7.86. The molecule has 0 spiro atoms. The SMILES string of the molecule is Cc1c(C)[n+](CCCC[n+]2c(C)c(C)n(C)c2C)c(C)n1C.[OH-].[OH-]. The predicted octanol–water partition coefficient (Wildman–Crippen LogP) is 1.92. The smallest absolute Gasteiger partial charge is 0.253 e. The van der Waals surface area contributed by atoms with E-state index in [1.807, 2.05) is 0 Å². The third-order valence-corrected chi connectivity index (χ3v) is 5.63. The highest BCUT2D eigenvalue weighted by molar-refractivity contribution is 5.06. The molecule has 2 aromatic rings. The van der Waals surface area contributed by atoms with Gasteiger partial charge in [0.1, 0.15) is 22.8 Å². The summed E-state index contributed by atoms with van der Waals surface area (Å²) in [6.07, 6.45) is 2.44. The van der Waals surface area contributed by atoms with E-state index in [9.17, 15) is 0 Å². The van der Waals surface area contributed by atoms with E-state index >= 15 is 0 Å². The van der Waals surface area contributed by atoms with E-state index in [0.717, 1.165) is 13.1 Å². The maximum atomic E-state index is 2.45. The lowest BCUT2D eigenvalue weighted by Crippen LogP contribution is -2.41. The largest absolute Gasteiger partial charge is 0.870 e. The van der Waals surface area contributed by atoms with Crippen molar-refractivity contribution in [2.45, 2.75) is 67.5 Å². The molecule has 2 N–H and O–H groups in total. The van der Waals surface area contributed by atoms with Crippen LogP contribution in [0.4, 0.5) is 0 Å². The van der Waals surface area contributed by atoms with Crippen LogP contribution < -0.4 is 9.13 Å². The maximum absolute atomic E-state index is 2.45. The Morgan fingerprint density at radius 1 is 0.625 bits per heavy atom. The quantitative estimate of drug-likeness (QED) is 0.617. The van der Waals surface area contributed by atoms with E-state index in [1.165, 1.54) is 47.3 Å². The molecule has 0 amide bonds. The topological polar surface area (TPSA) is 77.6 Å². The van der Waals surface area contributed by atoms with Gasteiger partial charge in [0.25, 0.3) is 11.6 Å². The Labute approximate surface area is 146 Å². The molecule has 0 aliphatic heterocycles. The number of imidazole rings is 2. The third kappa shape index (κ3) is 3.70. The van der Waals surface area contributed by atoms with Gasteiger partial charge in [-0.1, -0.05) is 0 Å². The van der Waals surface area contributed by atoms with Crippen molar-refractivity contribution >= 4 is 0 Å². The molecule has 138 valence electrons. The normalized spacial score (nSPS) is 10.5. The molecule has 2 rings (SSSR count). The third-order valence-electron chi connectivity index (χ3n) is 5.63. The van der Waals surface area contributed by atoms with Gasteiger partial charge in [-0.2, -0.15) is 0 Å². The molecule has 0 aliphatic carbocycles. The Morgan fingerprint density at radius 3 is 1.12 bits per heavy atom. The summed E-state index contributed by atoms with van der Waals surface area (Å²) in [5, 5.41) is 0. The second-order valence-corrected chi connectivity index (χ2v) is 6.56. The van der Waals surface area contributed by atoms with Crippen LogP contribution >= 0.6 is 0 Å². The maximum Gasteiger partial charge on any atom is 0.253 e. The van der Waals surface area contributed by atoms with Gasteiger partial charge in [0.2, 0.25) is 0 Å². The number of hydrogen-bond donors (Lipinski definition) is 0. The van der Waals surface area contributed by atoms with Gasteiger partial charge < -0.3 is 11.0 Å². The van der Waals surface area contributed by atoms with Crippen molar-refractivity contribution in [2.24, 2.45) is 14.1 Å². The van der Waals surface area contributed by atoms with Crippen LogP contribution in [0.5, 0.6) is 0 Å². The zero-order valence-corrected chi connectivity index (χ0v) is 16.5. The van der Waals surface area contributed by atoms with Gasteiger partial charge in [0, 0.05) is 41.5 Å². The van der Waals surface area contributed by atoms with Gasteiger partial charge >= 0.3 is 0 Å². The summed E-state index contributed by atoms with van der Waals surface area (Å²) in [6, 6.07) is 0. The number of unbranched alkanes of at least 4 members (excludes halogenated alkanes) is 1. The fourth-order valence-electron chi connectivity index (χ4n) is 3.41. The zero-order chi connectivity index (χ0) is 16.6. The lowest BCUT2D eigenvalue weighted by molar-refractivity contribution is -0.719. The molecule has 0 radical (unpaired) electrons. The van der Waals surface area contributed by atoms with Crippen molar-refractivity contribution < 1.29 is 20.1 Å². The molecule has 6 nitrogen and oxygen atoms in total. The van der Waals surface area contributed by atoms with E-state index in [-0.39, 0.29) is 11.0 Å². The van der Waals surface area contributed by atoms with Gasteiger partial charge in [-0.25, -0.2) is 18.3 Å². The molecule has 0 atom stereocenters. The average molecular weight is 338 g/mol. The first-order valence-corrected chi connectivity index (χ1v) is 8.32. The molecule has 0 bridgehead atoms. The second kappa shape index (κ2) is 8.44. The van der Waals surface area contributed by atoms with E-state index in [1.54, 1.807) is 0 Å². The molecule has 6 heteroatoms. The van der Waals surface area contributed by atoms with E-state index in [0.29, 0.717) is 0 Å². The molecule has 0 fully saturated rings. The number of rotatable bonds is 5. The summed E-state index contributed by atoms with van der Waals surface area (Å²) in [6.45, 7) is 15.5. The standard InChI is InChI=1S/C18H32N4.2H2O/c1-13-15(3)21(17(5)19(13)7)11-9-10-12-22-16(4)14(2)20(8)18(22)6;;/h9-12H2,1-8H3;2*1H2/q+2;;/p-2. The minimum Gasteiger partial charge on any atom is -0.870 e. The summed E-state index contributed by atoms with van der Waals surface area (Å²) >= 11 is 0. The highest BCUT2D eigenvalue weighted by atomic mass is 16.0. The monoisotopic (exact) mass is 338 g/mol. The van der Waals surface area contributed by atoms with E-state index in [4.69, 9.17) is 0 Å². The summed E-state index contributed by atoms with van der Waals surface area (Å²) in [7, 11) is 4.31. The van der Waals surface area contributed by atoms with Crippen molar-refractivity contribution in [2.75, 3.05) is 0 Å². The van der Waals surface area contributed by atoms with Crippen LogP contribution in [0.3, 0.4) is 0 Å². The van der Waals surface area contributed by atoms with Crippen LogP contribution in [0.2, 0.25) is 0 Å². The van der Waals surface area contributed by atoms with Gasteiger partial charge in [0.15, 0.2) is 0 Å². The summed E-state index contributed by atoms with van der Waals surface area (Å²) < 4.78 is 9.49. The molecule has 2 aromatic heterocycles. The molecular weight excluding hydrogens is 304 g/mol. The summed E-state index contributed by atoms with van der Waals surface area (Å²) in [5.74, 6) is 2.70. The molecule has 0 saturated carbocycles. The Bertz CT molecular complexity index is 588. The van der Waals surface area contributed by atoms with Gasteiger partial charge in [-0.3, -0.25) is 0 Å². The molecule has 0 saturated heterocycles. The summed E-state index contributed by atoms with van der Waals surface area (Å²) in [5.41, 5.74) is 5.54. The molecule has 0 aliphatic rings. The zero-order valence-electron chi connectivity index (χ0n) is 16.5. The van der Waals surface area contributed by atoms with Crippen LogP contribution in [-0.4, -0.2) is 20.1 Å². The first-order chi connectivity index (χ1) is 10.3. The minimum absolute atomic E-state index is 0. The van der Waals surface area contributed by atoms with Crippen LogP contribution in [0, 0.1) is 41.5 Å². The van der Waals surface area contributed by atoms with Crippen LogP contribution in [0.15, 0.2) is 0 Å². The van der Waals surface area contributed by atoms with Crippen LogP contribution in [0.25, 0.3) is 0 Å². The van der Waals surface area contributed by atoms with Gasteiger partial charge in [-0.05, 0) is 12.8 Å². The predicted molar refractivity (Wildman–Crippen MR) is 92.7 cm³/mol. The fraction of sp³-hybridized carbons (Fsp3) is 0.667. The minimum atomic E-state index is 0. The summed E-state index contributed by atoms with van der Waals surface area (Å²) in [4.78, 5) is 0. The van der Waals surface area contributed by atoms with Crippen molar-refractivity contribution in [3.05, 3.63) is 34.4 Å². The number of nitrogens with zero attached hydrogens (tertiary/aromatic N) is 4. The van der Waals surface area contributed by atoms with Gasteiger partial charge in [-0.15, -0.1) is 0 Å². The molecule has 0 unspecified atom stereocenters. The first kappa shape index (κ1) is 22.3.